The van der Waals surface area contributed by atoms with Gasteiger partial charge in [0.2, 0.25) is 0 Å². The second kappa shape index (κ2) is 7.82. The zero-order valence-corrected chi connectivity index (χ0v) is 15.9. The maximum Gasteiger partial charge on any atom is 0.413 e. The maximum atomic E-state index is 12.4. The molecule has 3 rings (SSSR count). The summed E-state index contributed by atoms with van der Waals surface area (Å²) >= 11 is 0. The second-order valence-corrected chi connectivity index (χ2v) is 7.63. The van der Waals surface area contributed by atoms with Crippen molar-refractivity contribution < 1.29 is 19.1 Å². The molecule has 7 heteroatoms. The summed E-state index contributed by atoms with van der Waals surface area (Å²) in [6, 6.07) is 9.99. The first-order valence-corrected chi connectivity index (χ1v) is 9.06. The molecule has 0 radical (unpaired) electrons. The van der Waals surface area contributed by atoms with Crippen LogP contribution in [0.1, 0.15) is 45.1 Å². The summed E-state index contributed by atoms with van der Waals surface area (Å²) in [6.45, 7) is 6.30. The van der Waals surface area contributed by atoms with Gasteiger partial charge >= 0.3 is 6.09 Å². The highest BCUT2D eigenvalue weighted by Crippen LogP contribution is 2.33. The summed E-state index contributed by atoms with van der Waals surface area (Å²) < 4.78 is 12.5. The second-order valence-electron chi connectivity index (χ2n) is 7.63. The number of hydrogen-bond acceptors (Lipinski definition) is 5. The number of ether oxygens (including phenoxy) is 2. The molecular formula is C20H25N3O4. The number of nitrogens with zero attached hydrogens (tertiary/aromatic N) is 3. The summed E-state index contributed by atoms with van der Waals surface area (Å²) in [5.74, 6) is 0.171. The molecule has 7 nitrogen and oxygen atoms in total. The number of carbonyl (C=O) groups excluding carboxylic acids is 2. The number of amides is 1. The lowest BCUT2D eigenvalue weighted by Gasteiger charge is -2.38. The van der Waals surface area contributed by atoms with Gasteiger partial charge in [-0.3, -0.25) is 9.69 Å². The van der Waals surface area contributed by atoms with Gasteiger partial charge < -0.3 is 9.47 Å². The Morgan fingerprint density at radius 1 is 1.30 bits per heavy atom. The summed E-state index contributed by atoms with van der Waals surface area (Å²) in [5, 5.41) is 4.26. The molecule has 144 valence electrons. The van der Waals surface area contributed by atoms with Crippen LogP contribution in [0.3, 0.4) is 0 Å². The van der Waals surface area contributed by atoms with Gasteiger partial charge in [0.25, 0.3) is 6.47 Å². The van der Waals surface area contributed by atoms with Gasteiger partial charge in [0.05, 0.1) is 5.69 Å². The van der Waals surface area contributed by atoms with Gasteiger partial charge in [-0.1, -0.05) is 12.1 Å². The highest BCUT2D eigenvalue weighted by atomic mass is 16.6. The molecule has 0 N–H and O–H groups in total. The van der Waals surface area contributed by atoms with Gasteiger partial charge in [0, 0.05) is 25.4 Å². The van der Waals surface area contributed by atoms with Gasteiger partial charge in [0.15, 0.2) is 6.23 Å². The van der Waals surface area contributed by atoms with Crippen LogP contribution in [0.4, 0.5) is 4.79 Å². The van der Waals surface area contributed by atoms with Gasteiger partial charge in [-0.15, -0.1) is 0 Å². The van der Waals surface area contributed by atoms with Crippen molar-refractivity contribution in [2.45, 2.75) is 51.4 Å². The van der Waals surface area contributed by atoms with E-state index >= 15 is 0 Å². The zero-order valence-electron chi connectivity index (χ0n) is 15.9. The molecule has 2 aromatic rings. The third-order valence-corrected chi connectivity index (χ3v) is 4.50. The van der Waals surface area contributed by atoms with Crippen LogP contribution < -0.4 is 0 Å². The summed E-state index contributed by atoms with van der Waals surface area (Å²) in [4.78, 5) is 24.9. The molecule has 1 fully saturated rings. The Labute approximate surface area is 158 Å². The van der Waals surface area contributed by atoms with Crippen molar-refractivity contribution in [3.63, 3.8) is 0 Å². The predicted octanol–water partition coefficient (Wildman–Crippen LogP) is 3.49. The third kappa shape index (κ3) is 4.67. The van der Waals surface area contributed by atoms with Crippen LogP contribution in [-0.4, -0.2) is 45.6 Å². The highest BCUT2D eigenvalue weighted by molar-refractivity contribution is 5.68. The molecule has 0 unspecified atom stereocenters. The molecule has 27 heavy (non-hydrogen) atoms. The Morgan fingerprint density at radius 3 is 2.78 bits per heavy atom. The number of hydrogen-bond donors (Lipinski definition) is 0. The first kappa shape index (κ1) is 18.9. The van der Waals surface area contributed by atoms with Crippen LogP contribution in [0, 0.1) is 0 Å². The third-order valence-electron chi connectivity index (χ3n) is 4.50. The van der Waals surface area contributed by atoms with E-state index in [2.05, 4.69) is 17.2 Å². The normalized spacial score (nSPS) is 20.2. The van der Waals surface area contributed by atoms with E-state index in [-0.39, 0.29) is 5.92 Å². The van der Waals surface area contributed by atoms with E-state index in [1.54, 1.807) is 10.9 Å². The fraction of sp³-hybridized carbons (Fsp3) is 0.450. The Morgan fingerprint density at radius 2 is 2.11 bits per heavy atom. The van der Waals surface area contributed by atoms with Crippen molar-refractivity contribution in [1.82, 2.24) is 14.7 Å². The van der Waals surface area contributed by atoms with Crippen LogP contribution in [0.25, 0.3) is 5.69 Å². The minimum absolute atomic E-state index is 0.171. The molecule has 1 amide bonds. The van der Waals surface area contributed by atoms with Crippen LogP contribution in [0.15, 0.2) is 42.7 Å². The first-order chi connectivity index (χ1) is 12.9. The fourth-order valence-corrected chi connectivity index (χ4v) is 3.30. The van der Waals surface area contributed by atoms with E-state index in [1.165, 1.54) is 4.90 Å². The number of benzene rings is 1. The lowest BCUT2D eigenvalue weighted by atomic mass is 9.88. The smallest absolute Gasteiger partial charge is 0.413 e. The van der Waals surface area contributed by atoms with Gasteiger partial charge in [0.1, 0.15) is 5.60 Å². The number of rotatable bonds is 4. The van der Waals surface area contributed by atoms with Crippen molar-refractivity contribution >= 4 is 12.6 Å². The maximum absolute atomic E-state index is 12.4. The molecule has 0 saturated carbocycles. The SMILES string of the molecule is CC(C)(C)OC(=O)N1CC[C@H](c2cccc(-n3cccn3)c2)C[C@@H]1OC=O. The summed E-state index contributed by atoms with van der Waals surface area (Å²) in [6.07, 6.45) is 3.83. The Bertz CT molecular complexity index is 783. The number of carbonyl (C=O) groups is 2. The van der Waals surface area contributed by atoms with E-state index in [4.69, 9.17) is 9.47 Å². The van der Waals surface area contributed by atoms with E-state index in [0.717, 1.165) is 17.7 Å². The van der Waals surface area contributed by atoms with E-state index in [0.29, 0.717) is 19.4 Å². The quantitative estimate of drug-likeness (QED) is 0.769. The van der Waals surface area contributed by atoms with Crippen molar-refractivity contribution in [2.24, 2.45) is 0 Å². The molecule has 0 spiro atoms. The lowest BCUT2D eigenvalue weighted by molar-refractivity contribution is -0.145. The molecule has 1 aliphatic rings. The minimum Gasteiger partial charge on any atom is -0.444 e. The molecule has 2 atom stereocenters. The Balaban J connectivity index is 1.76. The number of aromatic nitrogens is 2. The van der Waals surface area contributed by atoms with Crippen molar-refractivity contribution in [3.8, 4) is 5.69 Å². The lowest BCUT2D eigenvalue weighted by Crippen LogP contribution is -2.48. The van der Waals surface area contributed by atoms with E-state index < -0.39 is 17.9 Å². The number of piperidine rings is 1. The monoisotopic (exact) mass is 371 g/mol. The van der Waals surface area contributed by atoms with Crippen molar-refractivity contribution in [2.75, 3.05) is 6.54 Å². The molecule has 0 bridgehead atoms. The molecule has 2 heterocycles. The molecule has 1 aromatic heterocycles. The fourth-order valence-electron chi connectivity index (χ4n) is 3.30. The molecule has 1 aromatic carbocycles. The van der Waals surface area contributed by atoms with Gasteiger partial charge in [-0.05, 0) is 56.9 Å². The van der Waals surface area contributed by atoms with E-state index in [1.807, 2.05) is 45.2 Å². The largest absolute Gasteiger partial charge is 0.444 e. The highest BCUT2D eigenvalue weighted by Gasteiger charge is 2.36. The Kier molecular flexibility index (Phi) is 5.48. The van der Waals surface area contributed by atoms with Crippen molar-refractivity contribution in [1.29, 1.82) is 0 Å². The van der Waals surface area contributed by atoms with Crippen LogP contribution in [0.2, 0.25) is 0 Å². The average Bonchev–Trinajstić information content (AvgIpc) is 3.15. The van der Waals surface area contributed by atoms with Crippen LogP contribution in [-0.2, 0) is 14.3 Å². The Hall–Kier alpha value is -2.83. The predicted molar refractivity (Wildman–Crippen MR) is 99.4 cm³/mol. The van der Waals surface area contributed by atoms with Crippen LogP contribution in [0.5, 0.6) is 0 Å². The topological polar surface area (TPSA) is 73.7 Å². The number of likely N-dealkylation sites (tertiary alicyclic amines) is 1. The average molecular weight is 371 g/mol. The van der Waals surface area contributed by atoms with E-state index in [9.17, 15) is 9.59 Å². The molecule has 0 aliphatic carbocycles. The minimum atomic E-state index is -0.635. The molecular weight excluding hydrogens is 346 g/mol. The standard InChI is InChI=1S/C20H25N3O4/c1-20(2,3)27-19(25)22-11-8-16(13-18(22)26-14-24)15-6-4-7-17(12-15)23-10-5-9-21-23/h4-7,9-10,12,14,16,18H,8,11,13H2,1-3H3/t16-,18-/m0/s1. The summed E-state index contributed by atoms with van der Waals surface area (Å²) in [7, 11) is 0. The van der Waals surface area contributed by atoms with Crippen molar-refractivity contribution in [3.05, 3.63) is 48.3 Å². The van der Waals surface area contributed by atoms with Crippen LogP contribution >= 0.6 is 0 Å². The van der Waals surface area contributed by atoms with Gasteiger partial charge in [-0.25, -0.2) is 9.48 Å². The first-order valence-electron chi connectivity index (χ1n) is 9.06. The molecule has 1 saturated heterocycles. The molecule has 1 aliphatic heterocycles. The van der Waals surface area contributed by atoms with Gasteiger partial charge in [-0.2, -0.15) is 5.10 Å². The summed E-state index contributed by atoms with van der Waals surface area (Å²) in [5.41, 5.74) is 1.50. The zero-order chi connectivity index (χ0) is 19.4.